The van der Waals surface area contributed by atoms with Gasteiger partial charge in [0.15, 0.2) is 5.69 Å². The molecule has 1 heterocycles. The fraction of sp³-hybridized carbons (Fsp3) is 0.185. The molecule has 4 aromatic rings. The number of nitrogens with one attached hydrogen (secondary N) is 2. The molecule has 1 unspecified atom stereocenters. The molecule has 0 radical (unpaired) electrons. The second kappa shape index (κ2) is 9.31. The molecule has 0 aliphatic heterocycles. The van der Waals surface area contributed by atoms with Crippen LogP contribution in [-0.4, -0.2) is 33.7 Å². The summed E-state index contributed by atoms with van der Waals surface area (Å²) in [7, 11) is 0. The van der Waals surface area contributed by atoms with Gasteiger partial charge in [0.1, 0.15) is 6.04 Å². The Labute approximate surface area is 196 Å². The van der Waals surface area contributed by atoms with Crippen molar-refractivity contribution in [1.29, 1.82) is 0 Å². The minimum absolute atomic E-state index is 0.0938. The fourth-order valence-electron chi connectivity index (χ4n) is 3.92. The molecule has 0 spiro atoms. The van der Waals surface area contributed by atoms with Crippen LogP contribution >= 0.6 is 0 Å². The predicted octanol–water partition coefficient (Wildman–Crippen LogP) is 3.01. The molecule has 1 atom stereocenters. The summed E-state index contributed by atoms with van der Waals surface area (Å²) in [6.07, 6.45) is 2.25. The molecular weight excluding hydrogens is 428 g/mol. The molecule has 7 heteroatoms. The maximum Gasteiger partial charge on any atom is 0.279 e. The number of nitrogens with zero attached hydrogens (tertiary/aromatic N) is 2. The van der Waals surface area contributed by atoms with Gasteiger partial charge in [-0.15, -0.1) is 0 Å². The first-order valence-electron chi connectivity index (χ1n) is 11.3. The van der Waals surface area contributed by atoms with Crippen LogP contribution in [-0.2, 0) is 11.2 Å². The van der Waals surface area contributed by atoms with Gasteiger partial charge >= 0.3 is 0 Å². The lowest BCUT2D eigenvalue weighted by Gasteiger charge is -2.19. The van der Waals surface area contributed by atoms with Gasteiger partial charge < -0.3 is 10.6 Å². The molecule has 1 aliphatic carbocycles. The van der Waals surface area contributed by atoms with Gasteiger partial charge in [-0.05, 0) is 36.6 Å². The zero-order valence-corrected chi connectivity index (χ0v) is 18.5. The largest absolute Gasteiger partial charge is 0.352 e. The number of fused-ring (bicyclic) bond motifs is 1. The molecule has 3 aromatic carbocycles. The van der Waals surface area contributed by atoms with Crippen LogP contribution in [0.3, 0.4) is 0 Å². The number of benzene rings is 3. The van der Waals surface area contributed by atoms with Gasteiger partial charge in [-0.1, -0.05) is 66.7 Å². The van der Waals surface area contributed by atoms with Gasteiger partial charge in [-0.3, -0.25) is 14.4 Å². The van der Waals surface area contributed by atoms with E-state index in [9.17, 15) is 14.4 Å². The molecule has 7 nitrogen and oxygen atoms in total. The maximum absolute atomic E-state index is 13.5. The Kier molecular flexibility index (Phi) is 5.91. The smallest absolute Gasteiger partial charge is 0.279 e. The van der Waals surface area contributed by atoms with Crippen molar-refractivity contribution in [3.8, 4) is 5.69 Å². The summed E-state index contributed by atoms with van der Waals surface area (Å²) in [5.41, 5.74) is 1.27. The molecule has 1 saturated carbocycles. The van der Waals surface area contributed by atoms with E-state index in [0.29, 0.717) is 22.9 Å². The van der Waals surface area contributed by atoms with Crippen molar-refractivity contribution >= 4 is 22.6 Å². The Morgan fingerprint density at radius 1 is 0.882 bits per heavy atom. The molecule has 1 aromatic heterocycles. The van der Waals surface area contributed by atoms with Crippen molar-refractivity contribution in [2.45, 2.75) is 31.3 Å². The molecule has 170 valence electrons. The third kappa shape index (κ3) is 4.59. The standard InChI is InChI=1S/C27H24N4O3/c32-25(28-19-15-16-19)23(17-18-9-3-1-4-10-18)29-26(33)24-21-13-7-8-14-22(21)27(34)31(30-24)20-11-5-2-6-12-20/h1-14,19,23H,15-17H2,(H,28,32)(H,29,33). The van der Waals surface area contributed by atoms with E-state index in [2.05, 4.69) is 15.7 Å². The molecule has 0 bridgehead atoms. The molecule has 34 heavy (non-hydrogen) atoms. The number of carbonyl (C=O) groups is 2. The summed E-state index contributed by atoms with van der Waals surface area (Å²) in [6.45, 7) is 0. The van der Waals surface area contributed by atoms with Gasteiger partial charge in [0.25, 0.3) is 11.5 Å². The van der Waals surface area contributed by atoms with Crippen molar-refractivity contribution in [3.05, 3.63) is 107 Å². The van der Waals surface area contributed by atoms with Gasteiger partial charge in [0.05, 0.1) is 11.1 Å². The topological polar surface area (TPSA) is 93.1 Å². The summed E-state index contributed by atoms with van der Waals surface area (Å²) in [6, 6.07) is 24.8. The zero-order chi connectivity index (χ0) is 23.5. The van der Waals surface area contributed by atoms with Crippen LogP contribution in [0.5, 0.6) is 0 Å². The third-order valence-electron chi connectivity index (χ3n) is 5.85. The van der Waals surface area contributed by atoms with Crippen LogP contribution in [0.15, 0.2) is 89.7 Å². The Morgan fingerprint density at radius 3 is 2.18 bits per heavy atom. The van der Waals surface area contributed by atoms with E-state index in [1.165, 1.54) is 4.68 Å². The second-order valence-electron chi connectivity index (χ2n) is 8.45. The van der Waals surface area contributed by atoms with Crippen LogP contribution in [0.4, 0.5) is 0 Å². The average molecular weight is 453 g/mol. The van der Waals surface area contributed by atoms with Crippen molar-refractivity contribution in [3.63, 3.8) is 0 Å². The van der Waals surface area contributed by atoms with Gasteiger partial charge in [0.2, 0.25) is 5.91 Å². The SMILES string of the molecule is O=C(NC(Cc1ccccc1)C(=O)NC1CC1)c1nn(-c2ccccc2)c(=O)c2ccccc12. The normalized spacial score (nSPS) is 13.9. The van der Waals surface area contributed by atoms with E-state index >= 15 is 0 Å². The monoisotopic (exact) mass is 452 g/mol. The van der Waals surface area contributed by atoms with E-state index in [-0.39, 0.29) is 23.2 Å². The highest BCUT2D eigenvalue weighted by molar-refractivity contribution is 6.06. The van der Waals surface area contributed by atoms with Crippen LogP contribution in [0, 0.1) is 0 Å². The van der Waals surface area contributed by atoms with E-state index in [1.807, 2.05) is 36.4 Å². The van der Waals surface area contributed by atoms with Crippen LogP contribution < -0.4 is 16.2 Å². The van der Waals surface area contributed by atoms with Crippen molar-refractivity contribution in [2.75, 3.05) is 0 Å². The lowest BCUT2D eigenvalue weighted by atomic mass is 10.0. The van der Waals surface area contributed by atoms with Crippen molar-refractivity contribution < 1.29 is 9.59 Å². The summed E-state index contributed by atoms with van der Waals surface area (Å²) >= 11 is 0. The highest BCUT2D eigenvalue weighted by Gasteiger charge is 2.29. The lowest BCUT2D eigenvalue weighted by molar-refractivity contribution is -0.123. The second-order valence-corrected chi connectivity index (χ2v) is 8.45. The number of para-hydroxylation sites is 1. The molecule has 5 rings (SSSR count). The molecule has 0 saturated heterocycles. The molecule has 1 aliphatic rings. The summed E-state index contributed by atoms with van der Waals surface area (Å²) in [5.74, 6) is -0.729. The lowest BCUT2D eigenvalue weighted by Crippen LogP contribution is -2.49. The average Bonchev–Trinajstić information content (AvgIpc) is 3.69. The quantitative estimate of drug-likeness (QED) is 0.451. The first kappa shape index (κ1) is 21.6. The number of aromatic nitrogens is 2. The van der Waals surface area contributed by atoms with Gasteiger partial charge in [-0.25, -0.2) is 0 Å². The number of hydrogen-bond donors (Lipinski definition) is 2. The van der Waals surface area contributed by atoms with Gasteiger partial charge in [0, 0.05) is 17.8 Å². The zero-order valence-electron chi connectivity index (χ0n) is 18.5. The number of rotatable bonds is 7. The number of hydrogen-bond acceptors (Lipinski definition) is 4. The van der Waals surface area contributed by atoms with Crippen molar-refractivity contribution in [1.82, 2.24) is 20.4 Å². The predicted molar refractivity (Wildman–Crippen MR) is 130 cm³/mol. The Hall–Kier alpha value is -4.26. The van der Waals surface area contributed by atoms with E-state index in [4.69, 9.17) is 0 Å². The van der Waals surface area contributed by atoms with Crippen LogP contribution in [0.1, 0.15) is 28.9 Å². The molecule has 1 fully saturated rings. The fourth-order valence-corrected chi connectivity index (χ4v) is 3.92. The van der Waals surface area contributed by atoms with E-state index in [0.717, 1.165) is 18.4 Å². The summed E-state index contributed by atoms with van der Waals surface area (Å²) in [4.78, 5) is 39.6. The van der Waals surface area contributed by atoms with E-state index < -0.39 is 11.9 Å². The Morgan fingerprint density at radius 2 is 1.50 bits per heavy atom. The summed E-state index contributed by atoms with van der Waals surface area (Å²) < 4.78 is 1.23. The first-order chi connectivity index (χ1) is 16.6. The Balaban J connectivity index is 1.52. The van der Waals surface area contributed by atoms with Crippen molar-refractivity contribution in [2.24, 2.45) is 0 Å². The number of carbonyl (C=O) groups excluding carboxylic acids is 2. The molecule has 2 N–H and O–H groups in total. The minimum Gasteiger partial charge on any atom is -0.352 e. The number of amides is 2. The van der Waals surface area contributed by atoms with Crippen LogP contribution in [0.2, 0.25) is 0 Å². The first-order valence-corrected chi connectivity index (χ1v) is 11.3. The van der Waals surface area contributed by atoms with Crippen LogP contribution in [0.25, 0.3) is 16.5 Å². The minimum atomic E-state index is -0.770. The Bertz CT molecular complexity index is 1400. The summed E-state index contributed by atoms with van der Waals surface area (Å²) in [5, 5.41) is 11.1. The van der Waals surface area contributed by atoms with E-state index in [1.54, 1.807) is 48.5 Å². The third-order valence-corrected chi connectivity index (χ3v) is 5.85. The van der Waals surface area contributed by atoms with Gasteiger partial charge in [-0.2, -0.15) is 9.78 Å². The maximum atomic E-state index is 13.5. The molecular formula is C27H24N4O3. The highest BCUT2D eigenvalue weighted by atomic mass is 16.2. The highest BCUT2D eigenvalue weighted by Crippen LogP contribution is 2.19. The molecule has 2 amide bonds.